The van der Waals surface area contributed by atoms with Crippen LogP contribution in [0, 0.1) is 0 Å². The van der Waals surface area contributed by atoms with E-state index in [1.54, 1.807) is 0 Å². The van der Waals surface area contributed by atoms with Crippen molar-refractivity contribution >= 4 is 0 Å². The third kappa shape index (κ3) is 2.75. The molecule has 1 atom stereocenters. The highest BCUT2D eigenvalue weighted by atomic mass is 19.1. The molecule has 1 N–H and O–H groups in total. The molecule has 20 heavy (non-hydrogen) atoms. The average molecular weight is 269 g/mol. The van der Waals surface area contributed by atoms with Crippen LogP contribution in [0.5, 0.6) is 0 Å². The standard InChI is InChI=1S/C18H20FN/c19-18(11-4-13-20-14-12-18)17-9-7-16(8-10-17)15-5-2-1-3-6-15/h1-3,5-10,20H,4,11-14H2. The number of rotatable bonds is 2. The third-order valence-electron chi connectivity index (χ3n) is 4.13. The van der Waals surface area contributed by atoms with E-state index >= 15 is 4.39 Å². The molecule has 0 spiro atoms. The summed E-state index contributed by atoms with van der Waals surface area (Å²) < 4.78 is 15.1. The molecule has 2 heteroatoms. The van der Waals surface area contributed by atoms with E-state index in [2.05, 4.69) is 17.4 Å². The van der Waals surface area contributed by atoms with E-state index in [0.717, 1.165) is 30.6 Å². The van der Waals surface area contributed by atoms with E-state index in [9.17, 15) is 0 Å². The number of nitrogens with one attached hydrogen (secondary N) is 1. The molecule has 3 rings (SSSR count). The van der Waals surface area contributed by atoms with Gasteiger partial charge in [0.25, 0.3) is 0 Å². The molecule has 0 amide bonds. The van der Waals surface area contributed by atoms with Gasteiger partial charge in [-0.2, -0.15) is 0 Å². The Morgan fingerprint density at radius 2 is 1.50 bits per heavy atom. The van der Waals surface area contributed by atoms with Crippen molar-refractivity contribution in [3.63, 3.8) is 0 Å². The molecular weight excluding hydrogens is 249 g/mol. The van der Waals surface area contributed by atoms with Crippen LogP contribution >= 0.6 is 0 Å². The second kappa shape index (κ2) is 5.76. The summed E-state index contributed by atoms with van der Waals surface area (Å²) in [4.78, 5) is 0. The summed E-state index contributed by atoms with van der Waals surface area (Å²) in [7, 11) is 0. The van der Waals surface area contributed by atoms with Gasteiger partial charge < -0.3 is 5.32 Å². The molecule has 2 aromatic carbocycles. The van der Waals surface area contributed by atoms with E-state index in [1.165, 1.54) is 5.56 Å². The van der Waals surface area contributed by atoms with Gasteiger partial charge in [0.1, 0.15) is 5.67 Å². The Morgan fingerprint density at radius 1 is 0.800 bits per heavy atom. The fourth-order valence-corrected chi connectivity index (χ4v) is 2.91. The molecule has 0 saturated carbocycles. The van der Waals surface area contributed by atoms with Gasteiger partial charge in [-0.3, -0.25) is 0 Å². The lowest BCUT2D eigenvalue weighted by Gasteiger charge is -2.24. The topological polar surface area (TPSA) is 12.0 Å². The minimum absolute atomic E-state index is 0.567. The van der Waals surface area contributed by atoms with Crippen LogP contribution in [-0.2, 0) is 5.67 Å². The number of alkyl halides is 1. The predicted octanol–water partition coefficient (Wildman–Crippen LogP) is 4.29. The second-order valence-electron chi connectivity index (χ2n) is 5.51. The smallest absolute Gasteiger partial charge is 0.137 e. The van der Waals surface area contributed by atoms with Crippen molar-refractivity contribution < 1.29 is 4.39 Å². The van der Waals surface area contributed by atoms with Gasteiger partial charge in [0, 0.05) is 0 Å². The summed E-state index contributed by atoms with van der Waals surface area (Å²) in [6.45, 7) is 1.69. The van der Waals surface area contributed by atoms with Gasteiger partial charge in [0.15, 0.2) is 0 Å². The Kier molecular flexibility index (Phi) is 3.83. The van der Waals surface area contributed by atoms with Crippen LogP contribution < -0.4 is 5.32 Å². The summed E-state index contributed by atoms with van der Waals surface area (Å²) in [6.07, 6.45) is 2.08. The molecule has 1 heterocycles. The lowest BCUT2D eigenvalue weighted by Crippen LogP contribution is -2.22. The van der Waals surface area contributed by atoms with Gasteiger partial charge in [-0.25, -0.2) is 4.39 Å². The molecule has 0 radical (unpaired) electrons. The maximum atomic E-state index is 15.1. The summed E-state index contributed by atoms with van der Waals surface area (Å²) in [5.41, 5.74) is 1.97. The van der Waals surface area contributed by atoms with Crippen LogP contribution in [0.3, 0.4) is 0 Å². The van der Waals surface area contributed by atoms with Gasteiger partial charge >= 0.3 is 0 Å². The van der Waals surface area contributed by atoms with Crippen molar-refractivity contribution in [2.75, 3.05) is 13.1 Å². The van der Waals surface area contributed by atoms with Crippen molar-refractivity contribution in [3.8, 4) is 11.1 Å². The minimum Gasteiger partial charge on any atom is -0.317 e. The van der Waals surface area contributed by atoms with Crippen LogP contribution in [0.4, 0.5) is 4.39 Å². The zero-order chi connectivity index (χ0) is 13.8. The number of hydrogen-bond acceptors (Lipinski definition) is 1. The predicted molar refractivity (Wildman–Crippen MR) is 81.4 cm³/mol. The SMILES string of the molecule is FC1(c2ccc(-c3ccccc3)cc2)CCCNCC1. The molecule has 1 saturated heterocycles. The molecule has 0 bridgehead atoms. The molecule has 1 aliphatic heterocycles. The van der Waals surface area contributed by atoms with Crippen molar-refractivity contribution in [1.82, 2.24) is 5.32 Å². The van der Waals surface area contributed by atoms with Crippen LogP contribution in [0.15, 0.2) is 54.6 Å². The largest absolute Gasteiger partial charge is 0.317 e. The maximum Gasteiger partial charge on any atom is 0.137 e. The Hall–Kier alpha value is -1.67. The second-order valence-corrected chi connectivity index (χ2v) is 5.51. The fourth-order valence-electron chi connectivity index (χ4n) is 2.91. The van der Waals surface area contributed by atoms with Crippen LogP contribution in [0.25, 0.3) is 11.1 Å². The minimum atomic E-state index is -1.17. The fraction of sp³-hybridized carbons (Fsp3) is 0.333. The lowest BCUT2D eigenvalue weighted by atomic mass is 9.88. The van der Waals surface area contributed by atoms with Gasteiger partial charge in [0.2, 0.25) is 0 Å². The van der Waals surface area contributed by atoms with Crippen molar-refractivity contribution in [3.05, 3.63) is 60.2 Å². The van der Waals surface area contributed by atoms with Crippen LogP contribution in [0.1, 0.15) is 24.8 Å². The Labute approximate surface area is 119 Å². The molecule has 1 aliphatic rings. The zero-order valence-corrected chi connectivity index (χ0v) is 11.6. The average Bonchev–Trinajstić information content (AvgIpc) is 2.74. The van der Waals surface area contributed by atoms with E-state index in [0.29, 0.717) is 12.8 Å². The van der Waals surface area contributed by atoms with Gasteiger partial charge in [0.05, 0.1) is 0 Å². The monoisotopic (exact) mass is 269 g/mol. The quantitative estimate of drug-likeness (QED) is 0.857. The number of halogens is 1. The summed E-state index contributed by atoms with van der Waals surface area (Å²) in [5.74, 6) is 0. The van der Waals surface area contributed by atoms with Crippen molar-refractivity contribution in [2.24, 2.45) is 0 Å². The molecule has 1 fully saturated rings. The molecule has 1 unspecified atom stereocenters. The first-order valence-electron chi connectivity index (χ1n) is 7.34. The molecule has 104 valence electrons. The third-order valence-corrected chi connectivity index (χ3v) is 4.13. The van der Waals surface area contributed by atoms with Crippen LogP contribution in [0.2, 0.25) is 0 Å². The van der Waals surface area contributed by atoms with Gasteiger partial charge in [-0.1, -0.05) is 54.6 Å². The lowest BCUT2D eigenvalue weighted by molar-refractivity contribution is 0.145. The van der Waals surface area contributed by atoms with E-state index in [4.69, 9.17) is 0 Å². The van der Waals surface area contributed by atoms with E-state index < -0.39 is 5.67 Å². The summed E-state index contributed by atoms with van der Waals surface area (Å²) in [6, 6.07) is 18.2. The first-order valence-corrected chi connectivity index (χ1v) is 7.34. The van der Waals surface area contributed by atoms with Gasteiger partial charge in [-0.05, 0) is 49.0 Å². The zero-order valence-electron chi connectivity index (χ0n) is 11.6. The van der Waals surface area contributed by atoms with E-state index in [1.807, 2.05) is 42.5 Å². The number of hydrogen-bond donors (Lipinski definition) is 1. The Balaban J connectivity index is 1.85. The molecular formula is C18H20FN. The van der Waals surface area contributed by atoms with Crippen LogP contribution in [-0.4, -0.2) is 13.1 Å². The van der Waals surface area contributed by atoms with Crippen molar-refractivity contribution in [2.45, 2.75) is 24.9 Å². The molecule has 1 nitrogen and oxygen atoms in total. The van der Waals surface area contributed by atoms with E-state index in [-0.39, 0.29) is 0 Å². The summed E-state index contributed by atoms with van der Waals surface area (Å²) >= 11 is 0. The molecule has 0 aliphatic carbocycles. The normalized spacial score (nSPS) is 23.2. The number of benzene rings is 2. The maximum absolute atomic E-state index is 15.1. The Morgan fingerprint density at radius 3 is 2.25 bits per heavy atom. The highest BCUT2D eigenvalue weighted by Gasteiger charge is 2.32. The van der Waals surface area contributed by atoms with Crippen molar-refractivity contribution in [1.29, 1.82) is 0 Å². The highest BCUT2D eigenvalue weighted by Crippen LogP contribution is 2.36. The first-order chi connectivity index (χ1) is 9.78. The van der Waals surface area contributed by atoms with Gasteiger partial charge in [-0.15, -0.1) is 0 Å². The highest BCUT2D eigenvalue weighted by molar-refractivity contribution is 5.63. The first kappa shape index (κ1) is 13.3. The molecule has 2 aromatic rings. The summed E-state index contributed by atoms with van der Waals surface area (Å²) in [5, 5.41) is 3.27. The molecule has 0 aromatic heterocycles. The Bertz CT molecular complexity index is 539.